The van der Waals surface area contributed by atoms with E-state index in [9.17, 15) is 4.79 Å². The van der Waals surface area contributed by atoms with Crippen molar-refractivity contribution in [3.05, 3.63) is 11.6 Å². The Morgan fingerprint density at radius 2 is 2.27 bits per heavy atom. The van der Waals surface area contributed by atoms with Crippen molar-refractivity contribution in [3.8, 4) is 6.07 Å². The van der Waals surface area contributed by atoms with E-state index in [4.69, 9.17) is 5.26 Å². The third kappa shape index (κ3) is 1.35. The van der Waals surface area contributed by atoms with Crippen LogP contribution in [0.5, 0.6) is 0 Å². The normalized spacial score (nSPS) is 23.7. The molecule has 1 aliphatic heterocycles. The van der Waals surface area contributed by atoms with Crippen molar-refractivity contribution in [3.63, 3.8) is 0 Å². The summed E-state index contributed by atoms with van der Waals surface area (Å²) in [5.41, 5.74) is 1.38. The van der Waals surface area contributed by atoms with Gasteiger partial charge in [0, 0.05) is 11.8 Å². The Labute approximate surface area is 65.0 Å². The first-order valence-electron chi connectivity index (χ1n) is 3.32. The quantitative estimate of drug-likeness (QED) is 0.516. The molecule has 0 aromatic carbocycles. The van der Waals surface area contributed by atoms with Gasteiger partial charge in [-0.05, 0) is 19.4 Å². The molecule has 0 radical (unpaired) electrons. The van der Waals surface area contributed by atoms with E-state index in [1.807, 2.05) is 0 Å². The molecule has 1 amide bonds. The zero-order valence-corrected chi connectivity index (χ0v) is 6.46. The fourth-order valence-corrected chi connectivity index (χ4v) is 1.07. The standard InChI is InChI=1S/C8H8N2O/c1-5-3-8(11)10-6(2)7(5)4-9/h3,7H,1-2H3. The fraction of sp³-hybridized carbons (Fsp3) is 0.375. The minimum absolute atomic E-state index is 0.258. The Morgan fingerprint density at radius 3 is 2.73 bits per heavy atom. The first-order valence-corrected chi connectivity index (χ1v) is 3.32. The molecule has 0 spiro atoms. The van der Waals surface area contributed by atoms with Crippen LogP contribution in [0.25, 0.3) is 0 Å². The number of nitrogens with zero attached hydrogens (tertiary/aromatic N) is 2. The average molecular weight is 148 g/mol. The number of hydrogen-bond donors (Lipinski definition) is 0. The van der Waals surface area contributed by atoms with E-state index in [1.165, 1.54) is 6.08 Å². The highest BCUT2D eigenvalue weighted by molar-refractivity contribution is 6.05. The minimum atomic E-state index is -0.298. The zero-order valence-electron chi connectivity index (χ0n) is 6.46. The molecule has 11 heavy (non-hydrogen) atoms. The monoisotopic (exact) mass is 148 g/mol. The van der Waals surface area contributed by atoms with Crippen LogP contribution in [0.1, 0.15) is 13.8 Å². The van der Waals surface area contributed by atoms with Gasteiger partial charge in [0.25, 0.3) is 5.91 Å². The van der Waals surface area contributed by atoms with E-state index in [0.717, 1.165) is 5.57 Å². The van der Waals surface area contributed by atoms with Gasteiger partial charge >= 0.3 is 0 Å². The van der Waals surface area contributed by atoms with E-state index in [2.05, 4.69) is 11.1 Å². The van der Waals surface area contributed by atoms with Crippen molar-refractivity contribution >= 4 is 11.6 Å². The Kier molecular flexibility index (Phi) is 1.86. The Morgan fingerprint density at radius 1 is 1.64 bits per heavy atom. The SMILES string of the molecule is CC1=CC(=O)N=C(C)C1C#N. The van der Waals surface area contributed by atoms with E-state index >= 15 is 0 Å². The molecule has 3 heteroatoms. The molecule has 0 aromatic rings. The van der Waals surface area contributed by atoms with Gasteiger partial charge in [0.1, 0.15) is 5.92 Å². The van der Waals surface area contributed by atoms with Crippen LogP contribution >= 0.6 is 0 Å². The van der Waals surface area contributed by atoms with Crippen LogP contribution < -0.4 is 0 Å². The summed E-state index contributed by atoms with van der Waals surface area (Å²) >= 11 is 0. The minimum Gasteiger partial charge on any atom is -0.267 e. The second-order valence-electron chi connectivity index (χ2n) is 2.54. The number of carbonyl (C=O) groups excluding carboxylic acids is 1. The van der Waals surface area contributed by atoms with Gasteiger partial charge in [-0.15, -0.1) is 0 Å². The summed E-state index contributed by atoms with van der Waals surface area (Å²) in [5.74, 6) is -0.556. The molecule has 1 atom stereocenters. The van der Waals surface area contributed by atoms with Crippen molar-refractivity contribution in [2.24, 2.45) is 10.9 Å². The van der Waals surface area contributed by atoms with Crippen LogP contribution in [0, 0.1) is 17.2 Å². The first-order chi connectivity index (χ1) is 5.15. The van der Waals surface area contributed by atoms with Gasteiger partial charge in [-0.2, -0.15) is 5.26 Å². The number of nitriles is 1. The van der Waals surface area contributed by atoms with Crippen molar-refractivity contribution in [2.75, 3.05) is 0 Å². The van der Waals surface area contributed by atoms with Gasteiger partial charge in [0.15, 0.2) is 0 Å². The number of amides is 1. The number of allylic oxidation sites excluding steroid dienone is 1. The Balaban J connectivity index is 3.02. The number of carbonyl (C=O) groups is 1. The first kappa shape index (κ1) is 7.67. The number of rotatable bonds is 0. The zero-order chi connectivity index (χ0) is 8.43. The summed E-state index contributed by atoms with van der Waals surface area (Å²) in [6.07, 6.45) is 1.40. The maximum absolute atomic E-state index is 10.8. The van der Waals surface area contributed by atoms with Crippen LogP contribution in [-0.2, 0) is 4.79 Å². The molecular weight excluding hydrogens is 140 g/mol. The average Bonchev–Trinajstić information content (AvgIpc) is 1.85. The molecule has 0 N–H and O–H groups in total. The van der Waals surface area contributed by atoms with Crippen molar-refractivity contribution in [2.45, 2.75) is 13.8 Å². The summed E-state index contributed by atoms with van der Waals surface area (Å²) in [7, 11) is 0. The van der Waals surface area contributed by atoms with Crippen molar-refractivity contribution < 1.29 is 4.79 Å². The largest absolute Gasteiger partial charge is 0.269 e. The number of aliphatic imine (C=N–C) groups is 1. The molecule has 1 aliphatic rings. The molecule has 0 aliphatic carbocycles. The van der Waals surface area contributed by atoms with Crippen LogP contribution in [0.4, 0.5) is 0 Å². The van der Waals surface area contributed by atoms with Gasteiger partial charge < -0.3 is 0 Å². The smallest absolute Gasteiger partial charge is 0.267 e. The molecule has 0 bridgehead atoms. The van der Waals surface area contributed by atoms with Gasteiger partial charge in [0.05, 0.1) is 6.07 Å². The van der Waals surface area contributed by atoms with Crippen molar-refractivity contribution in [1.82, 2.24) is 0 Å². The third-order valence-corrected chi connectivity index (χ3v) is 1.64. The van der Waals surface area contributed by atoms with E-state index < -0.39 is 0 Å². The van der Waals surface area contributed by atoms with E-state index in [1.54, 1.807) is 13.8 Å². The van der Waals surface area contributed by atoms with Crippen LogP contribution in [0.3, 0.4) is 0 Å². The van der Waals surface area contributed by atoms with Crippen LogP contribution in [0.15, 0.2) is 16.6 Å². The molecule has 1 unspecified atom stereocenters. The lowest BCUT2D eigenvalue weighted by Gasteiger charge is -2.11. The van der Waals surface area contributed by atoms with E-state index in [0.29, 0.717) is 5.71 Å². The maximum atomic E-state index is 10.8. The summed E-state index contributed by atoms with van der Waals surface area (Å²) in [4.78, 5) is 14.4. The highest BCUT2D eigenvalue weighted by atomic mass is 16.1. The lowest BCUT2D eigenvalue weighted by Crippen LogP contribution is -2.17. The fourth-order valence-electron chi connectivity index (χ4n) is 1.07. The lowest BCUT2D eigenvalue weighted by atomic mass is 9.95. The van der Waals surface area contributed by atoms with Gasteiger partial charge in [-0.1, -0.05) is 0 Å². The second kappa shape index (κ2) is 2.67. The second-order valence-corrected chi connectivity index (χ2v) is 2.54. The molecule has 1 rings (SSSR count). The Hall–Kier alpha value is -1.43. The molecule has 1 heterocycles. The highest BCUT2D eigenvalue weighted by Gasteiger charge is 2.19. The molecule has 0 fully saturated rings. The summed E-state index contributed by atoms with van der Waals surface area (Å²) < 4.78 is 0. The molecule has 0 saturated carbocycles. The highest BCUT2D eigenvalue weighted by Crippen LogP contribution is 2.15. The lowest BCUT2D eigenvalue weighted by molar-refractivity contribution is -0.113. The van der Waals surface area contributed by atoms with Gasteiger partial charge in [-0.3, -0.25) is 4.79 Å². The van der Waals surface area contributed by atoms with Gasteiger partial charge in [-0.25, -0.2) is 4.99 Å². The van der Waals surface area contributed by atoms with E-state index in [-0.39, 0.29) is 11.8 Å². The molecule has 56 valence electrons. The molecule has 3 nitrogen and oxygen atoms in total. The molecule has 0 aromatic heterocycles. The van der Waals surface area contributed by atoms with Crippen molar-refractivity contribution in [1.29, 1.82) is 5.26 Å². The van der Waals surface area contributed by atoms with Crippen LogP contribution in [0.2, 0.25) is 0 Å². The molecular formula is C8H8N2O. The topological polar surface area (TPSA) is 53.2 Å². The summed E-state index contributed by atoms with van der Waals surface area (Å²) in [6, 6.07) is 2.07. The van der Waals surface area contributed by atoms with Crippen LogP contribution in [-0.4, -0.2) is 11.6 Å². The Bertz CT molecular complexity index is 272. The third-order valence-electron chi connectivity index (χ3n) is 1.64. The number of hydrogen-bond acceptors (Lipinski definition) is 2. The molecule has 0 saturated heterocycles. The maximum Gasteiger partial charge on any atom is 0.269 e. The predicted molar refractivity (Wildman–Crippen MR) is 41.0 cm³/mol. The number of dihydropyridines is 1. The van der Waals surface area contributed by atoms with Gasteiger partial charge in [0.2, 0.25) is 0 Å². The summed E-state index contributed by atoms with van der Waals surface area (Å²) in [6.45, 7) is 3.46. The predicted octanol–water partition coefficient (Wildman–Crippen LogP) is 1.07. The summed E-state index contributed by atoms with van der Waals surface area (Å²) in [5, 5.41) is 8.64.